The van der Waals surface area contributed by atoms with Gasteiger partial charge in [-0.3, -0.25) is 0 Å². The van der Waals surface area contributed by atoms with Crippen LogP contribution in [0.5, 0.6) is 0 Å². The maximum atomic E-state index is 14.0. The molecule has 0 heterocycles. The van der Waals surface area contributed by atoms with E-state index in [9.17, 15) is 22.9 Å². The van der Waals surface area contributed by atoms with Gasteiger partial charge >= 0.3 is 5.97 Å². The Morgan fingerprint density at radius 1 is 1.03 bits per heavy atom. The van der Waals surface area contributed by atoms with Gasteiger partial charge in [-0.2, -0.15) is 0 Å². The zero-order valence-corrected chi connectivity index (χ0v) is 20.8. The Balaban J connectivity index is 2.62. The lowest BCUT2D eigenvalue weighted by atomic mass is 9.78. The summed E-state index contributed by atoms with van der Waals surface area (Å²) < 4.78 is 47.4. The van der Waals surface area contributed by atoms with Gasteiger partial charge in [0.15, 0.2) is 0 Å². The number of carbonyl (C=O) groups excluding carboxylic acids is 1. The predicted octanol–water partition coefficient (Wildman–Crippen LogP) is 8.04. The van der Waals surface area contributed by atoms with E-state index in [1.54, 1.807) is 33.8 Å². The van der Waals surface area contributed by atoms with Crippen molar-refractivity contribution in [2.45, 2.75) is 39.3 Å². The fourth-order valence-corrected chi connectivity index (χ4v) is 3.92. The molecule has 0 N–H and O–H groups in total. The molecule has 1 atom stereocenters. The normalized spacial score (nSPS) is 13.5. The van der Waals surface area contributed by atoms with Gasteiger partial charge in [0.05, 0.1) is 11.0 Å². The van der Waals surface area contributed by atoms with Crippen LogP contribution in [0.4, 0.5) is 13.2 Å². The topological polar surface area (TPSA) is 55.7 Å². The fraction of sp³-hybridized carbons (Fsp3) is 0.400. The van der Waals surface area contributed by atoms with Crippen LogP contribution in [0.1, 0.15) is 53.9 Å². The molecule has 0 spiro atoms. The number of halogens is 5. The summed E-state index contributed by atoms with van der Waals surface area (Å²) in [6.45, 7) is 2.78. The van der Waals surface area contributed by atoms with Gasteiger partial charge in [-0.05, 0) is 80.3 Å². The van der Waals surface area contributed by atoms with Gasteiger partial charge in [0.1, 0.15) is 31.7 Å². The monoisotopic (exact) mass is 515 g/mol. The second-order valence-electron chi connectivity index (χ2n) is 9.05. The van der Waals surface area contributed by atoms with Crippen molar-refractivity contribution >= 4 is 34.7 Å². The Hall–Kier alpha value is -2.38. The number of aryl methyl sites for hydroxylation is 1. The number of nitroso groups, excluding NO2 is 1. The molecular weight excluding hydrogens is 490 g/mol. The van der Waals surface area contributed by atoms with Crippen LogP contribution in [0.2, 0.25) is 10.0 Å². The van der Waals surface area contributed by atoms with E-state index in [2.05, 4.69) is 5.18 Å². The standard InChI is InChI=1S/C25H26Cl2F3NO3/c1-15-7-16(5-6-20(15)23(32)34-24(2,3)4)22(31-33)11-21(25(12-28,13-29)14-30)17-8-18(26)10-19(27)9-17/h5-11,22H,12-14H2,1-4H3. The van der Waals surface area contributed by atoms with Gasteiger partial charge < -0.3 is 4.74 Å². The molecule has 0 aliphatic carbocycles. The molecule has 0 amide bonds. The van der Waals surface area contributed by atoms with Crippen molar-refractivity contribution in [2.24, 2.45) is 10.6 Å². The van der Waals surface area contributed by atoms with Crippen molar-refractivity contribution < 1.29 is 22.7 Å². The first-order valence-electron chi connectivity index (χ1n) is 10.4. The quantitative estimate of drug-likeness (QED) is 0.250. The number of rotatable bonds is 9. The van der Waals surface area contributed by atoms with E-state index in [4.69, 9.17) is 27.9 Å². The van der Waals surface area contributed by atoms with Crippen LogP contribution in [-0.4, -0.2) is 31.6 Å². The predicted molar refractivity (Wildman–Crippen MR) is 130 cm³/mol. The molecule has 0 saturated carbocycles. The Kier molecular flexibility index (Phi) is 9.31. The van der Waals surface area contributed by atoms with Crippen LogP contribution in [0.15, 0.2) is 47.7 Å². The van der Waals surface area contributed by atoms with E-state index in [0.717, 1.165) is 0 Å². The van der Waals surface area contributed by atoms with Crippen LogP contribution in [0.25, 0.3) is 5.57 Å². The Bertz CT molecular complexity index is 1050. The number of hydrogen-bond donors (Lipinski definition) is 0. The average molecular weight is 516 g/mol. The van der Waals surface area contributed by atoms with Crippen molar-refractivity contribution in [2.75, 3.05) is 20.0 Å². The maximum Gasteiger partial charge on any atom is 0.338 e. The van der Waals surface area contributed by atoms with Crippen molar-refractivity contribution in [1.29, 1.82) is 0 Å². The smallest absolute Gasteiger partial charge is 0.338 e. The molecule has 2 rings (SSSR count). The molecule has 1 unspecified atom stereocenters. The summed E-state index contributed by atoms with van der Waals surface area (Å²) in [5.74, 6) is -0.539. The van der Waals surface area contributed by atoms with Gasteiger partial charge in [0.25, 0.3) is 0 Å². The number of nitrogens with zero attached hydrogens (tertiary/aromatic N) is 1. The molecule has 0 radical (unpaired) electrons. The SMILES string of the molecule is Cc1cc(C(C=C(c2cc(Cl)cc(Cl)c2)C(CF)(CF)CF)N=O)ccc1C(=O)OC(C)(C)C. The van der Waals surface area contributed by atoms with Crippen molar-refractivity contribution in [3.63, 3.8) is 0 Å². The first kappa shape index (κ1) is 27.9. The minimum atomic E-state index is -2.16. The zero-order valence-electron chi connectivity index (χ0n) is 19.3. The van der Waals surface area contributed by atoms with E-state index < -0.39 is 43.1 Å². The van der Waals surface area contributed by atoms with Crippen LogP contribution in [0, 0.1) is 17.2 Å². The highest BCUT2D eigenvalue weighted by Crippen LogP contribution is 2.41. The Morgan fingerprint density at radius 2 is 1.59 bits per heavy atom. The molecule has 0 bridgehead atoms. The lowest BCUT2D eigenvalue weighted by Crippen LogP contribution is -2.30. The largest absolute Gasteiger partial charge is 0.456 e. The second kappa shape index (κ2) is 11.4. The Morgan fingerprint density at radius 3 is 2.03 bits per heavy atom. The average Bonchev–Trinajstić information content (AvgIpc) is 2.75. The lowest BCUT2D eigenvalue weighted by molar-refractivity contribution is 0.00687. The molecule has 0 aliphatic rings. The minimum absolute atomic E-state index is 0.122. The van der Waals surface area contributed by atoms with Crippen molar-refractivity contribution in [3.05, 3.63) is 79.7 Å². The number of alkyl halides is 3. The molecule has 0 aromatic heterocycles. The molecular formula is C25H26Cl2F3NO3. The molecule has 0 fully saturated rings. The van der Waals surface area contributed by atoms with Gasteiger partial charge in [-0.15, -0.1) is 4.91 Å². The first-order chi connectivity index (χ1) is 15.9. The first-order valence-corrected chi connectivity index (χ1v) is 11.2. The summed E-state index contributed by atoms with van der Waals surface area (Å²) >= 11 is 12.1. The molecule has 2 aromatic rings. The summed E-state index contributed by atoms with van der Waals surface area (Å²) in [6, 6.07) is 7.46. The second-order valence-corrected chi connectivity index (χ2v) is 9.92. The van der Waals surface area contributed by atoms with E-state index in [0.29, 0.717) is 16.7 Å². The van der Waals surface area contributed by atoms with Crippen molar-refractivity contribution in [1.82, 2.24) is 0 Å². The van der Waals surface area contributed by atoms with Crippen LogP contribution in [-0.2, 0) is 4.74 Å². The molecule has 9 heteroatoms. The Labute approximate surface area is 207 Å². The third kappa shape index (κ3) is 6.60. The number of benzene rings is 2. The summed E-state index contributed by atoms with van der Waals surface area (Å²) in [5, 5.41) is 3.43. The van der Waals surface area contributed by atoms with Crippen LogP contribution < -0.4 is 0 Å². The fourth-order valence-electron chi connectivity index (χ4n) is 3.39. The highest BCUT2D eigenvalue weighted by Gasteiger charge is 2.37. The number of ether oxygens (including phenoxy) is 1. The molecule has 184 valence electrons. The third-order valence-corrected chi connectivity index (χ3v) is 5.60. The number of esters is 1. The summed E-state index contributed by atoms with van der Waals surface area (Å²) in [5.41, 5.74) is -1.67. The molecule has 0 aliphatic heterocycles. The molecule has 2 aromatic carbocycles. The summed E-state index contributed by atoms with van der Waals surface area (Å²) in [7, 11) is 0. The highest BCUT2D eigenvalue weighted by molar-refractivity contribution is 6.34. The lowest BCUT2D eigenvalue weighted by Gasteiger charge is -2.29. The van der Waals surface area contributed by atoms with Crippen molar-refractivity contribution in [3.8, 4) is 0 Å². The summed E-state index contributed by atoms with van der Waals surface area (Å²) in [6.07, 6.45) is 1.20. The molecule has 34 heavy (non-hydrogen) atoms. The van der Waals surface area contributed by atoms with Gasteiger partial charge in [-0.1, -0.05) is 40.5 Å². The molecule has 0 saturated heterocycles. The van der Waals surface area contributed by atoms with E-state index >= 15 is 0 Å². The summed E-state index contributed by atoms with van der Waals surface area (Å²) in [4.78, 5) is 24.2. The zero-order chi connectivity index (χ0) is 25.7. The molecule has 4 nitrogen and oxygen atoms in total. The highest BCUT2D eigenvalue weighted by atomic mass is 35.5. The number of allylic oxidation sites excluding steroid dienone is 1. The third-order valence-electron chi connectivity index (χ3n) is 5.16. The van der Waals surface area contributed by atoms with E-state index in [-0.39, 0.29) is 21.2 Å². The van der Waals surface area contributed by atoms with Crippen LogP contribution >= 0.6 is 23.2 Å². The van der Waals surface area contributed by atoms with E-state index in [1.807, 2.05) is 0 Å². The number of hydrogen-bond acceptors (Lipinski definition) is 4. The van der Waals surface area contributed by atoms with Gasteiger partial charge in [0, 0.05) is 10.0 Å². The van der Waals surface area contributed by atoms with Gasteiger partial charge in [0.2, 0.25) is 0 Å². The van der Waals surface area contributed by atoms with E-state index in [1.165, 1.54) is 36.4 Å². The van der Waals surface area contributed by atoms with Crippen LogP contribution in [0.3, 0.4) is 0 Å². The number of carbonyl (C=O) groups is 1. The minimum Gasteiger partial charge on any atom is -0.456 e. The maximum absolute atomic E-state index is 14.0. The van der Waals surface area contributed by atoms with Gasteiger partial charge in [-0.25, -0.2) is 18.0 Å².